The van der Waals surface area contributed by atoms with Crippen molar-refractivity contribution in [2.75, 3.05) is 5.75 Å². The third kappa shape index (κ3) is 0.929. The van der Waals surface area contributed by atoms with Crippen LogP contribution in [-0.2, 0) is 0 Å². The van der Waals surface area contributed by atoms with Crippen LogP contribution < -0.4 is 0 Å². The predicted octanol–water partition coefficient (Wildman–Crippen LogP) is 2.97. The van der Waals surface area contributed by atoms with Crippen molar-refractivity contribution in [1.82, 2.24) is 0 Å². The van der Waals surface area contributed by atoms with E-state index in [9.17, 15) is 0 Å². The topological polar surface area (TPSA) is 0 Å². The van der Waals surface area contributed by atoms with Crippen LogP contribution in [0.15, 0.2) is 22.6 Å². The molecule has 1 heteroatoms. The van der Waals surface area contributed by atoms with Crippen LogP contribution in [0.5, 0.6) is 0 Å². The second-order valence-corrected chi connectivity index (χ2v) is 4.08. The Hall–Kier alpha value is -0.170. The van der Waals surface area contributed by atoms with Crippen LogP contribution in [-0.4, -0.2) is 5.75 Å². The highest BCUT2D eigenvalue weighted by molar-refractivity contribution is 8.03. The van der Waals surface area contributed by atoms with Gasteiger partial charge in [0, 0.05) is 10.7 Å². The van der Waals surface area contributed by atoms with Gasteiger partial charge >= 0.3 is 0 Å². The van der Waals surface area contributed by atoms with E-state index in [0.717, 1.165) is 5.92 Å². The van der Waals surface area contributed by atoms with Gasteiger partial charge in [-0.05, 0) is 24.3 Å². The van der Waals surface area contributed by atoms with Crippen molar-refractivity contribution in [2.24, 2.45) is 5.92 Å². The quantitative estimate of drug-likeness (QED) is 0.514. The maximum Gasteiger partial charge on any atom is 0.00642 e. The molecule has 1 fully saturated rings. The van der Waals surface area contributed by atoms with Gasteiger partial charge in [0.2, 0.25) is 0 Å². The molecule has 10 heavy (non-hydrogen) atoms. The lowest BCUT2D eigenvalue weighted by molar-refractivity contribution is 0.801. The van der Waals surface area contributed by atoms with Gasteiger partial charge in [0.1, 0.15) is 0 Å². The van der Waals surface area contributed by atoms with Crippen LogP contribution in [0, 0.1) is 5.92 Å². The molecule has 0 aromatic rings. The van der Waals surface area contributed by atoms with Crippen LogP contribution in [0.3, 0.4) is 0 Å². The number of hydrogen-bond donors (Lipinski definition) is 0. The summed E-state index contributed by atoms with van der Waals surface area (Å²) in [6.45, 7) is 2.32. The fraction of sp³-hybridized carbons (Fsp3) is 0.556. The molecule has 1 unspecified atom stereocenters. The molecule has 0 spiro atoms. The zero-order chi connectivity index (χ0) is 6.97. The van der Waals surface area contributed by atoms with Crippen molar-refractivity contribution in [1.29, 1.82) is 0 Å². The fourth-order valence-electron chi connectivity index (χ4n) is 1.56. The van der Waals surface area contributed by atoms with Crippen molar-refractivity contribution in [3.05, 3.63) is 22.6 Å². The highest BCUT2D eigenvalue weighted by Gasteiger charge is 2.22. The van der Waals surface area contributed by atoms with E-state index in [1.165, 1.54) is 18.6 Å². The molecule has 1 atom stereocenters. The molecule has 0 amide bonds. The van der Waals surface area contributed by atoms with E-state index in [2.05, 4.69) is 19.1 Å². The smallest absolute Gasteiger partial charge is 0.00642 e. The van der Waals surface area contributed by atoms with E-state index in [4.69, 9.17) is 0 Å². The number of thioether (sulfide) groups is 1. The SMILES string of the molecule is CC1CSC2=CCCC=C21. The van der Waals surface area contributed by atoms with Crippen molar-refractivity contribution in [2.45, 2.75) is 19.8 Å². The lowest BCUT2D eigenvalue weighted by atomic mass is 9.97. The van der Waals surface area contributed by atoms with E-state index in [1.54, 1.807) is 10.5 Å². The Balaban J connectivity index is 2.31. The standard InChI is InChI=1S/C9H12S/c1-7-6-10-9-5-3-2-4-8(7)9/h4-5,7H,2-3,6H2,1H3. The van der Waals surface area contributed by atoms with Gasteiger partial charge in [-0.1, -0.05) is 19.1 Å². The summed E-state index contributed by atoms with van der Waals surface area (Å²) in [4.78, 5) is 1.57. The summed E-state index contributed by atoms with van der Waals surface area (Å²) >= 11 is 2.03. The molecule has 1 aliphatic carbocycles. The summed E-state index contributed by atoms with van der Waals surface area (Å²) in [6, 6.07) is 0. The molecule has 0 saturated carbocycles. The maximum atomic E-state index is 2.42. The third-order valence-electron chi connectivity index (χ3n) is 2.16. The molecular formula is C9H12S. The van der Waals surface area contributed by atoms with Gasteiger partial charge in [-0.15, -0.1) is 11.8 Å². The average Bonchev–Trinajstić information content (AvgIpc) is 2.34. The zero-order valence-corrected chi connectivity index (χ0v) is 7.08. The van der Waals surface area contributed by atoms with Crippen molar-refractivity contribution in [3.8, 4) is 0 Å². The van der Waals surface area contributed by atoms with Gasteiger partial charge in [-0.2, -0.15) is 0 Å². The van der Waals surface area contributed by atoms with E-state index < -0.39 is 0 Å². The minimum atomic E-state index is 0.816. The molecule has 0 nitrogen and oxygen atoms in total. The molecule has 1 aliphatic heterocycles. The number of allylic oxidation sites excluding steroid dienone is 3. The van der Waals surface area contributed by atoms with Crippen LogP contribution >= 0.6 is 11.8 Å². The average molecular weight is 152 g/mol. The van der Waals surface area contributed by atoms with Crippen molar-refractivity contribution < 1.29 is 0 Å². The van der Waals surface area contributed by atoms with Crippen LogP contribution in [0.25, 0.3) is 0 Å². The number of rotatable bonds is 0. The first-order chi connectivity index (χ1) is 4.88. The Morgan fingerprint density at radius 1 is 1.40 bits per heavy atom. The van der Waals surface area contributed by atoms with Gasteiger partial charge in [-0.25, -0.2) is 0 Å². The largest absolute Gasteiger partial charge is 0.126 e. The van der Waals surface area contributed by atoms with Crippen LogP contribution in [0.1, 0.15) is 19.8 Å². The van der Waals surface area contributed by atoms with E-state index in [1.807, 2.05) is 11.8 Å². The molecule has 0 N–H and O–H groups in total. The molecule has 1 saturated heterocycles. The second kappa shape index (κ2) is 2.46. The van der Waals surface area contributed by atoms with Crippen LogP contribution in [0.4, 0.5) is 0 Å². The molecule has 0 aromatic carbocycles. The van der Waals surface area contributed by atoms with E-state index in [-0.39, 0.29) is 0 Å². The Bertz CT molecular complexity index is 201. The molecule has 54 valence electrons. The molecule has 0 bridgehead atoms. The van der Waals surface area contributed by atoms with E-state index in [0.29, 0.717) is 0 Å². The first-order valence-corrected chi connectivity index (χ1v) is 4.90. The molecule has 2 rings (SSSR count). The predicted molar refractivity (Wildman–Crippen MR) is 47.0 cm³/mol. The Labute approximate surface area is 66.4 Å². The maximum absolute atomic E-state index is 2.42. The minimum Gasteiger partial charge on any atom is -0.126 e. The third-order valence-corrected chi connectivity index (χ3v) is 3.54. The Morgan fingerprint density at radius 2 is 2.20 bits per heavy atom. The fourth-order valence-corrected chi connectivity index (χ4v) is 2.86. The summed E-state index contributed by atoms with van der Waals surface area (Å²) in [5, 5.41) is 0. The number of hydrogen-bond acceptors (Lipinski definition) is 1. The molecule has 1 heterocycles. The van der Waals surface area contributed by atoms with Gasteiger partial charge in [-0.3, -0.25) is 0 Å². The first kappa shape index (κ1) is 6.53. The second-order valence-electron chi connectivity index (χ2n) is 3.02. The van der Waals surface area contributed by atoms with Crippen molar-refractivity contribution >= 4 is 11.8 Å². The van der Waals surface area contributed by atoms with E-state index >= 15 is 0 Å². The first-order valence-electron chi connectivity index (χ1n) is 3.91. The summed E-state index contributed by atoms with van der Waals surface area (Å²) in [7, 11) is 0. The molecular weight excluding hydrogens is 140 g/mol. The Kier molecular flexibility index (Phi) is 1.61. The summed E-state index contributed by atoms with van der Waals surface area (Å²) in [5.74, 6) is 2.12. The van der Waals surface area contributed by atoms with Crippen LogP contribution in [0.2, 0.25) is 0 Å². The highest BCUT2D eigenvalue weighted by atomic mass is 32.2. The normalized spacial score (nSPS) is 31.1. The monoisotopic (exact) mass is 152 g/mol. The van der Waals surface area contributed by atoms with Gasteiger partial charge < -0.3 is 0 Å². The van der Waals surface area contributed by atoms with Gasteiger partial charge in [0.15, 0.2) is 0 Å². The molecule has 0 aromatic heterocycles. The Morgan fingerprint density at radius 3 is 3.00 bits per heavy atom. The summed E-state index contributed by atoms with van der Waals surface area (Å²) in [5.41, 5.74) is 1.62. The molecule has 0 radical (unpaired) electrons. The minimum absolute atomic E-state index is 0.816. The highest BCUT2D eigenvalue weighted by Crippen LogP contribution is 2.42. The van der Waals surface area contributed by atoms with Gasteiger partial charge in [0.05, 0.1) is 0 Å². The van der Waals surface area contributed by atoms with Crippen molar-refractivity contribution in [3.63, 3.8) is 0 Å². The zero-order valence-electron chi connectivity index (χ0n) is 6.26. The molecule has 2 aliphatic rings. The lowest BCUT2D eigenvalue weighted by Gasteiger charge is -2.08. The van der Waals surface area contributed by atoms with Gasteiger partial charge in [0.25, 0.3) is 0 Å². The summed E-state index contributed by atoms with van der Waals surface area (Å²) < 4.78 is 0. The summed E-state index contributed by atoms with van der Waals surface area (Å²) in [6.07, 6.45) is 7.34. The number of fused-ring (bicyclic) bond motifs is 1. The lowest BCUT2D eigenvalue weighted by Crippen LogP contribution is -1.95.